The van der Waals surface area contributed by atoms with Crippen LogP contribution in [0, 0.1) is 0 Å². The summed E-state index contributed by atoms with van der Waals surface area (Å²) < 4.78 is 35.2. The fraction of sp³-hybridized carbons (Fsp3) is 0. The Bertz CT molecular complexity index is 5440. The molecular formula is C72H43BBrN2O6. The Morgan fingerprint density at radius 2 is 0.707 bits per heavy atom. The molecule has 18 aromatic rings. The SMILES string of the molecule is Brc1cccc2c1oc1ccc(-n3c4ccccc4c4ccccc43)cc12.O[B]Oc1cccc2oc3ccccc3c12.c1ccc2c(c1)oc1cccc(-c3cccc4c3oc3ccc(-n5c6ccccc6c6ccccc65)cc34)c12. The maximum atomic E-state index is 8.71. The largest absolute Gasteiger partial charge is 0.569 e. The third-order valence-corrected chi connectivity index (χ3v) is 16.5. The number of benzene rings is 12. The number of nitrogens with zero attached hydrogens (tertiary/aromatic N) is 2. The van der Waals surface area contributed by atoms with Gasteiger partial charge in [0.15, 0.2) is 0 Å². The summed E-state index contributed by atoms with van der Waals surface area (Å²) in [5.74, 6) is 0.588. The summed E-state index contributed by atoms with van der Waals surface area (Å²) in [5, 5.41) is 22.3. The molecule has 12 aromatic carbocycles. The number of para-hydroxylation sites is 8. The van der Waals surface area contributed by atoms with E-state index < -0.39 is 0 Å². The molecular weight excluding hydrogens is 1080 g/mol. The second-order valence-electron chi connectivity index (χ2n) is 20.3. The number of hydrogen-bond donors (Lipinski definition) is 1. The molecule has 0 aliphatic heterocycles. The van der Waals surface area contributed by atoms with Crippen molar-refractivity contribution in [2.45, 2.75) is 0 Å². The van der Waals surface area contributed by atoms with Crippen LogP contribution in [0.4, 0.5) is 0 Å². The Hall–Kier alpha value is -10.3. The Balaban J connectivity index is 0.000000111. The molecule has 387 valence electrons. The van der Waals surface area contributed by atoms with Gasteiger partial charge in [0.2, 0.25) is 0 Å². The third-order valence-electron chi connectivity index (χ3n) is 15.8. The van der Waals surface area contributed by atoms with E-state index in [0.717, 1.165) is 115 Å². The van der Waals surface area contributed by atoms with Crippen molar-refractivity contribution in [3.05, 3.63) is 259 Å². The van der Waals surface area contributed by atoms with E-state index in [0.29, 0.717) is 13.4 Å². The Morgan fingerprint density at radius 1 is 0.317 bits per heavy atom. The number of hydrogen-bond acceptors (Lipinski definition) is 6. The van der Waals surface area contributed by atoms with E-state index in [2.05, 4.69) is 213 Å². The topological polar surface area (TPSA) is 91.9 Å². The van der Waals surface area contributed by atoms with Crippen molar-refractivity contribution in [3.63, 3.8) is 0 Å². The number of rotatable bonds is 5. The van der Waals surface area contributed by atoms with E-state index in [1.807, 2.05) is 60.7 Å². The van der Waals surface area contributed by atoms with Gasteiger partial charge >= 0.3 is 7.69 Å². The van der Waals surface area contributed by atoms with Crippen molar-refractivity contribution in [3.8, 4) is 28.3 Å². The van der Waals surface area contributed by atoms with Gasteiger partial charge < -0.3 is 36.5 Å². The van der Waals surface area contributed by atoms with Gasteiger partial charge in [-0.1, -0.05) is 158 Å². The van der Waals surface area contributed by atoms with Crippen LogP contribution in [-0.4, -0.2) is 21.8 Å². The van der Waals surface area contributed by atoms with Gasteiger partial charge in [-0.3, -0.25) is 0 Å². The fourth-order valence-electron chi connectivity index (χ4n) is 12.3. The van der Waals surface area contributed by atoms with Gasteiger partial charge in [0.1, 0.15) is 50.4 Å². The third kappa shape index (κ3) is 7.56. The van der Waals surface area contributed by atoms with Crippen molar-refractivity contribution < 1.29 is 27.3 Å². The van der Waals surface area contributed by atoms with Crippen LogP contribution in [0.15, 0.2) is 277 Å². The quantitative estimate of drug-likeness (QED) is 0.173. The van der Waals surface area contributed by atoms with Gasteiger partial charge in [0.05, 0.1) is 31.9 Å². The van der Waals surface area contributed by atoms with E-state index in [1.165, 1.54) is 43.6 Å². The lowest BCUT2D eigenvalue weighted by molar-refractivity contribution is 0.456. The second kappa shape index (κ2) is 19.2. The predicted octanol–water partition coefficient (Wildman–Crippen LogP) is 20.2. The van der Waals surface area contributed by atoms with Gasteiger partial charge in [-0.05, 0) is 119 Å². The van der Waals surface area contributed by atoms with E-state index in [4.69, 9.17) is 27.3 Å². The minimum absolute atomic E-state index is 0.588. The van der Waals surface area contributed by atoms with Crippen molar-refractivity contribution in [1.82, 2.24) is 9.13 Å². The van der Waals surface area contributed by atoms with Crippen LogP contribution in [0.3, 0.4) is 0 Å². The highest BCUT2D eigenvalue weighted by Gasteiger charge is 2.20. The lowest BCUT2D eigenvalue weighted by atomic mass is 9.97. The lowest BCUT2D eigenvalue weighted by Gasteiger charge is -2.08. The molecule has 0 saturated heterocycles. The molecule has 0 unspecified atom stereocenters. The zero-order valence-corrected chi connectivity index (χ0v) is 45.2. The molecule has 10 heteroatoms. The van der Waals surface area contributed by atoms with Crippen LogP contribution in [0.25, 0.3) is 154 Å². The van der Waals surface area contributed by atoms with Crippen molar-refractivity contribution in [1.29, 1.82) is 0 Å². The van der Waals surface area contributed by atoms with Crippen molar-refractivity contribution in [2.75, 3.05) is 0 Å². The van der Waals surface area contributed by atoms with Crippen molar-refractivity contribution >= 4 is 155 Å². The summed E-state index contributed by atoms with van der Waals surface area (Å²) in [6, 6.07) is 87.6. The summed E-state index contributed by atoms with van der Waals surface area (Å²) >= 11 is 3.60. The molecule has 0 spiro atoms. The number of furan rings is 4. The zero-order valence-electron chi connectivity index (χ0n) is 43.6. The van der Waals surface area contributed by atoms with E-state index in [1.54, 1.807) is 6.07 Å². The molecule has 6 aromatic heterocycles. The molecule has 1 N–H and O–H groups in total. The lowest BCUT2D eigenvalue weighted by Crippen LogP contribution is -1.99. The number of fused-ring (bicyclic) bond motifs is 18. The monoisotopic (exact) mass is 1120 g/mol. The summed E-state index contributed by atoms with van der Waals surface area (Å²) in [6.07, 6.45) is 0. The second-order valence-corrected chi connectivity index (χ2v) is 21.2. The minimum Gasteiger partial charge on any atom is -0.537 e. The summed E-state index contributed by atoms with van der Waals surface area (Å²) in [6.45, 7) is 0. The first-order chi connectivity index (χ1) is 40.6. The molecule has 0 aliphatic rings. The van der Waals surface area contributed by atoms with Crippen LogP contribution < -0.4 is 4.65 Å². The minimum atomic E-state index is 0.588. The molecule has 82 heavy (non-hydrogen) atoms. The number of halogens is 1. The predicted molar refractivity (Wildman–Crippen MR) is 339 cm³/mol. The van der Waals surface area contributed by atoms with E-state index in [9.17, 15) is 0 Å². The molecule has 18 rings (SSSR count). The normalized spacial score (nSPS) is 11.8. The first-order valence-electron chi connectivity index (χ1n) is 27.0. The summed E-state index contributed by atoms with van der Waals surface area (Å²) in [4.78, 5) is 0. The van der Waals surface area contributed by atoms with E-state index in [-0.39, 0.29) is 0 Å². The molecule has 0 fully saturated rings. The van der Waals surface area contributed by atoms with Crippen LogP contribution in [-0.2, 0) is 0 Å². The van der Waals surface area contributed by atoms with E-state index >= 15 is 0 Å². The average molecular weight is 1120 g/mol. The molecule has 0 atom stereocenters. The molecule has 1 radical (unpaired) electrons. The van der Waals surface area contributed by atoms with Gasteiger partial charge in [-0.25, -0.2) is 0 Å². The Labute approximate surface area is 476 Å². The van der Waals surface area contributed by atoms with Crippen molar-refractivity contribution in [2.24, 2.45) is 0 Å². The molecule has 6 heterocycles. The smallest absolute Gasteiger partial charge is 0.537 e. The zero-order chi connectivity index (χ0) is 54.4. The standard InChI is InChI=1S/C36H21NO2.C24H14BrNO.C12H8BO3/c1-4-15-30-23(9-1)24-10-2-5-16-31(24)37(30)22-19-20-33-29(21-22)27-14-7-13-26(36(27)39-33)25-12-8-18-34-35(25)28-11-3-6-17-32(28)38-34;25-20-9-5-8-18-19-14-15(12-13-23(19)27-24(18)20)26-21-10-3-1-6-16(21)17-7-2-4-11-22(17)26;14-13-16-11-7-3-6-10-12(11)8-4-1-2-5-9(8)15-10/h1-21H;1-14H;1-7,14H. The highest BCUT2D eigenvalue weighted by atomic mass is 79.9. The highest BCUT2D eigenvalue weighted by molar-refractivity contribution is 9.10. The fourth-order valence-corrected chi connectivity index (χ4v) is 12.8. The Morgan fingerprint density at radius 3 is 1.26 bits per heavy atom. The summed E-state index contributed by atoms with van der Waals surface area (Å²) in [5.41, 5.74) is 16.2. The maximum absolute atomic E-state index is 8.71. The molecule has 0 aliphatic carbocycles. The maximum Gasteiger partial charge on any atom is 0.569 e. The Kier molecular flexibility index (Phi) is 11.2. The first-order valence-corrected chi connectivity index (χ1v) is 27.8. The van der Waals surface area contributed by atoms with Gasteiger partial charge in [-0.2, -0.15) is 0 Å². The van der Waals surface area contributed by atoms with Crippen LogP contribution in [0.1, 0.15) is 0 Å². The van der Waals surface area contributed by atoms with Gasteiger partial charge in [0, 0.05) is 76.2 Å². The first kappa shape index (κ1) is 47.7. The molecule has 8 nitrogen and oxygen atoms in total. The van der Waals surface area contributed by atoms with Crippen LogP contribution >= 0.6 is 15.9 Å². The number of aromatic nitrogens is 2. The van der Waals surface area contributed by atoms with Crippen LogP contribution in [0.5, 0.6) is 5.75 Å². The average Bonchev–Trinajstić information content (AvgIpc) is 4.35. The molecule has 0 bridgehead atoms. The molecule has 0 amide bonds. The highest BCUT2D eigenvalue weighted by Crippen LogP contribution is 2.44. The van der Waals surface area contributed by atoms with Gasteiger partial charge in [0.25, 0.3) is 0 Å². The van der Waals surface area contributed by atoms with Crippen LogP contribution in [0.2, 0.25) is 0 Å². The molecule has 0 saturated carbocycles. The summed E-state index contributed by atoms with van der Waals surface area (Å²) in [7, 11) is 0.677. The van der Waals surface area contributed by atoms with Gasteiger partial charge in [-0.15, -0.1) is 0 Å².